The van der Waals surface area contributed by atoms with E-state index >= 15 is 0 Å². The number of hydrogen-bond donors (Lipinski definition) is 0. The van der Waals surface area contributed by atoms with Crippen LogP contribution in [-0.2, 0) is 33.3 Å². The molecule has 7 nitrogen and oxygen atoms in total. The average Bonchev–Trinajstić information content (AvgIpc) is 2.50. The van der Waals surface area contributed by atoms with Gasteiger partial charge in [0.05, 0.1) is 20.3 Å². The quantitative estimate of drug-likeness (QED) is 0.198. The molecule has 0 amide bonds. The minimum absolute atomic E-state index is 0.136. The van der Waals surface area contributed by atoms with Gasteiger partial charge in [0.15, 0.2) is 0 Å². The molecule has 0 saturated carbocycles. The Bertz CT molecular complexity index is 403. The number of methoxy groups -OCH3 is 1. The second-order valence-corrected chi connectivity index (χ2v) is 4.39. The van der Waals surface area contributed by atoms with Crippen molar-refractivity contribution in [3.8, 4) is 0 Å². The molecule has 126 valence electrons. The molecule has 0 saturated heterocycles. The zero-order chi connectivity index (χ0) is 17.0. The van der Waals surface area contributed by atoms with Crippen LogP contribution in [0.2, 0.25) is 0 Å². The highest BCUT2D eigenvalue weighted by molar-refractivity contribution is 6.03. The largest absolute Gasteiger partial charge is 0.466 e. The van der Waals surface area contributed by atoms with Gasteiger partial charge < -0.3 is 18.9 Å². The number of esters is 3. The Balaban J connectivity index is 4.34. The van der Waals surface area contributed by atoms with Gasteiger partial charge in [-0.3, -0.25) is 0 Å². The molecule has 0 aromatic heterocycles. The maximum absolute atomic E-state index is 11.8. The third-order valence-corrected chi connectivity index (χ3v) is 2.69. The van der Waals surface area contributed by atoms with Crippen molar-refractivity contribution in [2.75, 3.05) is 26.9 Å². The van der Waals surface area contributed by atoms with Crippen molar-refractivity contribution in [1.82, 2.24) is 0 Å². The SMILES string of the molecule is CCOC(=O)/C=C/CCCO[C@](C)(C(=O)OC)C(=O)OCC. The molecule has 0 aromatic carbocycles. The highest BCUT2D eigenvalue weighted by atomic mass is 16.6. The van der Waals surface area contributed by atoms with Crippen LogP contribution in [0.3, 0.4) is 0 Å². The average molecular weight is 316 g/mol. The van der Waals surface area contributed by atoms with Gasteiger partial charge in [-0.25, -0.2) is 14.4 Å². The van der Waals surface area contributed by atoms with E-state index in [1.165, 1.54) is 20.1 Å². The minimum Gasteiger partial charge on any atom is -0.466 e. The van der Waals surface area contributed by atoms with Gasteiger partial charge in [0.25, 0.3) is 5.60 Å². The first-order valence-electron chi connectivity index (χ1n) is 7.15. The van der Waals surface area contributed by atoms with E-state index < -0.39 is 23.5 Å². The number of rotatable bonds is 10. The molecule has 0 fully saturated rings. The van der Waals surface area contributed by atoms with E-state index in [4.69, 9.17) is 14.2 Å². The maximum Gasteiger partial charge on any atom is 0.349 e. The van der Waals surface area contributed by atoms with E-state index in [1.807, 2.05) is 0 Å². The Morgan fingerprint density at radius 3 is 2.23 bits per heavy atom. The van der Waals surface area contributed by atoms with E-state index in [-0.39, 0.29) is 13.2 Å². The second kappa shape index (κ2) is 10.8. The fourth-order valence-corrected chi connectivity index (χ4v) is 1.51. The summed E-state index contributed by atoms with van der Waals surface area (Å²) in [6, 6.07) is 0. The molecule has 0 radical (unpaired) electrons. The summed E-state index contributed by atoms with van der Waals surface area (Å²) in [6.45, 7) is 5.27. The topological polar surface area (TPSA) is 88.1 Å². The van der Waals surface area contributed by atoms with E-state index in [0.717, 1.165) is 0 Å². The lowest BCUT2D eigenvalue weighted by molar-refractivity contribution is -0.187. The zero-order valence-corrected chi connectivity index (χ0v) is 13.5. The lowest BCUT2D eigenvalue weighted by Gasteiger charge is -2.24. The fourth-order valence-electron chi connectivity index (χ4n) is 1.51. The normalized spacial score (nSPS) is 13.5. The highest BCUT2D eigenvalue weighted by Gasteiger charge is 2.45. The molecule has 0 aliphatic rings. The molecular weight excluding hydrogens is 292 g/mol. The first-order chi connectivity index (χ1) is 10.4. The van der Waals surface area contributed by atoms with Gasteiger partial charge in [-0.15, -0.1) is 0 Å². The van der Waals surface area contributed by atoms with Crippen LogP contribution in [0.1, 0.15) is 33.6 Å². The highest BCUT2D eigenvalue weighted by Crippen LogP contribution is 2.16. The number of hydrogen-bond acceptors (Lipinski definition) is 7. The van der Waals surface area contributed by atoms with Crippen molar-refractivity contribution in [2.45, 2.75) is 39.2 Å². The second-order valence-electron chi connectivity index (χ2n) is 4.39. The number of carbonyl (C=O) groups is 3. The monoisotopic (exact) mass is 316 g/mol. The van der Waals surface area contributed by atoms with E-state index in [9.17, 15) is 14.4 Å². The minimum atomic E-state index is -1.78. The Morgan fingerprint density at radius 1 is 1.05 bits per heavy atom. The first-order valence-corrected chi connectivity index (χ1v) is 7.15. The smallest absolute Gasteiger partial charge is 0.349 e. The summed E-state index contributed by atoms with van der Waals surface area (Å²) >= 11 is 0. The van der Waals surface area contributed by atoms with Crippen LogP contribution >= 0.6 is 0 Å². The van der Waals surface area contributed by atoms with Gasteiger partial charge in [-0.2, -0.15) is 0 Å². The van der Waals surface area contributed by atoms with Crippen LogP contribution in [0.4, 0.5) is 0 Å². The number of unbranched alkanes of at least 4 members (excludes halogenated alkanes) is 1. The molecule has 0 unspecified atom stereocenters. The molecule has 22 heavy (non-hydrogen) atoms. The summed E-state index contributed by atoms with van der Waals surface area (Å²) in [5.74, 6) is -2.01. The molecule has 0 spiro atoms. The van der Waals surface area contributed by atoms with Gasteiger partial charge in [-0.05, 0) is 33.6 Å². The Hall–Kier alpha value is -1.89. The third-order valence-electron chi connectivity index (χ3n) is 2.69. The summed E-state index contributed by atoms with van der Waals surface area (Å²) in [5, 5.41) is 0. The third kappa shape index (κ3) is 6.71. The standard InChI is InChI=1S/C15H24O7/c1-5-20-12(16)10-8-7-9-11-22-15(3,13(17)19-4)14(18)21-6-2/h8,10H,5-7,9,11H2,1-4H3/b10-8+/t15-/m1/s1. The van der Waals surface area contributed by atoms with Crippen molar-refractivity contribution in [3.63, 3.8) is 0 Å². The van der Waals surface area contributed by atoms with Crippen molar-refractivity contribution in [3.05, 3.63) is 12.2 Å². The van der Waals surface area contributed by atoms with Gasteiger partial charge in [0, 0.05) is 12.7 Å². The molecular formula is C15H24O7. The number of allylic oxidation sites excluding steroid dienone is 1. The van der Waals surface area contributed by atoms with Crippen LogP contribution in [-0.4, -0.2) is 50.4 Å². The zero-order valence-electron chi connectivity index (χ0n) is 13.5. The molecule has 0 aliphatic heterocycles. The van der Waals surface area contributed by atoms with Gasteiger partial charge >= 0.3 is 17.9 Å². The van der Waals surface area contributed by atoms with Crippen LogP contribution in [0.5, 0.6) is 0 Å². The Labute approximate surface area is 130 Å². The van der Waals surface area contributed by atoms with Gasteiger partial charge in [0.1, 0.15) is 0 Å². The van der Waals surface area contributed by atoms with Gasteiger partial charge in [0.2, 0.25) is 0 Å². The Morgan fingerprint density at radius 2 is 1.68 bits per heavy atom. The molecule has 0 heterocycles. The van der Waals surface area contributed by atoms with Crippen molar-refractivity contribution in [2.24, 2.45) is 0 Å². The van der Waals surface area contributed by atoms with Crippen LogP contribution in [0.25, 0.3) is 0 Å². The van der Waals surface area contributed by atoms with Crippen LogP contribution in [0, 0.1) is 0 Å². The van der Waals surface area contributed by atoms with E-state index in [0.29, 0.717) is 19.4 Å². The number of ether oxygens (including phenoxy) is 4. The maximum atomic E-state index is 11.8. The summed E-state index contributed by atoms with van der Waals surface area (Å²) in [6.07, 6.45) is 4.02. The molecule has 0 rings (SSSR count). The van der Waals surface area contributed by atoms with E-state index in [1.54, 1.807) is 19.9 Å². The van der Waals surface area contributed by atoms with Crippen molar-refractivity contribution < 1.29 is 33.3 Å². The van der Waals surface area contributed by atoms with Crippen LogP contribution in [0.15, 0.2) is 12.2 Å². The lowest BCUT2D eigenvalue weighted by Crippen LogP contribution is -2.48. The molecule has 0 aliphatic carbocycles. The summed E-state index contributed by atoms with van der Waals surface area (Å²) < 4.78 is 19.5. The van der Waals surface area contributed by atoms with Gasteiger partial charge in [-0.1, -0.05) is 6.08 Å². The number of carbonyl (C=O) groups excluding carboxylic acids is 3. The van der Waals surface area contributed by atoms with E-state index in [2.05, 4.69) is 4.74 Å². The first kappa shape index (κ1) is 20.1. The summed E-state index contributed by atoms with van der Waals surface area (Å²) in [7, 11) is 1.17. The molecule has 7 heteroatoms. The molecule has 0 bridgehead atoms. The van der Waals surface area contributed by atoms with Crippen molar-refractivity contribution in [1.29, 1.82) is 0 Å². The molecule has 0 N–H and O–H groups in total. The lowest BCUT2D eigenvalue weighted by atomic mass is 10.1. The predicted octanol–water partition coefficient (Wildman–Crippen LogP) is 1.40. The predicted molar refractivity (Wildman–Crippen MR) is 78.0 cm³/mol. The Kier molecular flexibility index (Phi) is 9.86. The molecule has 1 atom stereocenters. The van der Waals surface area contributed by atoms with Crippen LogP contribution < -0.4 is 0 Å². The van der Waals surface area contributed by atoms with Crippen molar-refractivity contribution >= 4 is 17.9 Å². The molecule has 0 aromatic rings. The summed E-state index contributed by atoms with van der Waals surface area (Å²) in [5.41, 5.74) is -1.78. The fraction of sp³-hybridized carbons (Fsp3) is 0.667. The summed E-state index contributed by atoms with van der Waals surface area (Å²) in [4.78, 5) is 34.6.